The van der Waals surface area contributed by atoms with Gasteiger partial charge in [-0.15, -0.1) is 0 Å². The number of carbonyl (C=O) groups is 2. The van der Waals surface area contributed by atoms with Gasteiger partial charge < -0.3 is 15.0 Å². The number of nitrogens with zero attached hydrogens (tertiary/aromatic N) is 2. The Balaban J connectivity index is 1.54. The average Bonchev–Trinajstić information content (AvgIpc) is 2.71. The van der Waals surface area contributed by atoms with Crippen LogP contribution in [0.25, 0.3) is 0 Å². The first-order valence-corrected chi connectivity index (χ1v) is 9.50. The molecule has 1 heterocycles. The van der Waals surface area contributed by atoms with E-state index in [0.29, 0.717) is 44.0 Å². The molecule has 1 saturated heterocycles. The number of piperazine rings is 1. The summed E-state index contributed by atoms with van der Waals surface area (Å²) >= 11 is 0. The number of para-hydroxylation sites is 2. The SMILES string of the molecule is COc1ccccc1C(=O)N1CCN(CC(=O)Nc2c(C)cccc2C)CC1. The Labute approximate surface area is 166 Å². The summed E-state index contributed by atoms with van der Waals surface area (Å²) in [6.45, 7) is 6.82. The van der Waals surface area contributed by atoms with Crippen molar-refractivity contribution in [2.75, 3.05) is 45.2 Å². The maximum absolute atomic E-state index is 12.8. The lowest BCUT2D eigenvalue weighted by Crippen LogP contribution is -2.50. The van der Waals surface area contributed by atoms with E-state index in [1.807, 2.05) is 49.1 Å². The first kappa shape index (κ1) is 19.9. The molecule has 1 aliphatic heterocycles. The van der Waals surface area contributed by atoms with Gasteiger partial charge in [0.05, 0.1) is 19.2 Å². The van der Waals surface area contributed by atoms with Crippen LogP contribution in [0.3, 0.4) is 0 Å². The van der Waals surface area contributed by atoms with Crippen LogP contribution < -0.4 is 10.1 Å². The molecule has 148 valence electrons. The molecule has 0 unspecified atom stereocenters. The molecule has 2 aromatic carbocycles. The number of ether oxygens (including phenoxy) is 1. The molecule has 0 atom stereocenters. The first-order valence-electron chi connectivity index (χ1n) is 9.50. The molecule has 0 radical (unpaired) electrons. The van der Waals surface area contributed by atoms with E-state index in [-0.39, 0.29) is 11.8 Å². The Morgan fingerprint density at radius 3 is 2.25 bits per heavy atom. The van der Waals surface area contributed by atoms with Crippen LogP contribution in [0.2, 0.25) is 0 Å². The fourth-order valence-electron chi connectivity index (χ4n) is 3.49. The highest BCUT2D eigenvalue weighted by atomic mass is 16.5. The summed E-state index contributed by atoms with van der Waals surface area (Å²) in [6, 6.07) is 13.2. The second-order valence-corrected chi connectivity index (χ2v) is 7.08. The van der Waals surface area contributed by atoms with Crippen LogP contribution in [0.1, 0.15) is 21.5 Å². The summed E-state index contributed by atoms with van der Waals surface area (Å²) in [4.78, 5) is 29.1. The number of anilines is 1. The molecular weight excluding hydrogens is 354 g/mol. The van der Waals surface area contributed by atoms with E-state index in [9.17, 15) is 9.59 Å². The molecule has 2 amide bonds. The van der Waals surface area contributed by atoms with Gasteiger partial charge in [0.15, 0.2) is 0 Å². The predicted octanol–water partition coefficient (Wildman–Crippen LogP) is 2.71. The number of rotatable bonds is 5. The highest BCUT2D eigenvalue weighted by Gasteiger charge is 2.25. The van der Waals surface area contributed by atoms with Crippen LogP contribution in [-0.2, 0) is 4.79 Å². The number of carbonyl (C=O) groups excluding carboxylic acids is 2. The molecule has 0 bridgehead atoms. The van der Waals surface area contributed by atoms with Crippen molar-refractivity contribution in [2.45, 2.75) is 13.8 Å². The molecule has 1 N–H and O–H groups in total. The topological polar surface area (TPSA) is 61.9 Å². The van der Waals surface area contributed by atoms with Gasteiger partial charge in [-0.05, 0) is 37.1 Å². The molecule has 0 aromatic heterocycles. The van der Waals surface area contributed by atoms with Crippen molar-refractivity contribution in [1.29, 1.82) is 0 Å². The minimum Gasteiger partial charge on any atom is -0.496 e. The minimum absolute atomic E-state index is 0.0260. The zero-order chi connectivity index (χ0) is 20.1. The molecule has 6 nitrogen and oxygen atoms in total. The summed E-state index contributed by atoms with van der Waals surface area (Å²) in [5, 5.41) is 3.02. The van der Waals surface area contributed by atoms with Gasteiger partial charge in [0.2, 0.25) is 5.91 Å². The van der Waals surface area contributed by atoms with E-state index >= 15 is 0 Å². The van der Waals surface area contributed by atoms with Crippen molar-refractivity contribution in [1.82, 2.24) is 9.80 Å². The number of hydrogen-bond acceptors (Lipinski definition) is 4. The summed E-state index contributed by atoms with van der Waals surface area (Å²) in [6.07, 6.45) is 0. The van der Waals surface area contributed by atoms with Crippen LogP contribution in [0.15, 0.2) is 42.5 Å². The second-order valence-electron chi connectivity index (χ2n) is 7.08. The third kappa shape index (κ3) is 4.51. The number of methoxy groups -OCH3 is 1. The molecule has 2 aromatic rings. The normalized spacial score (nSPS) is 14.6. The average molecular weight is 381 g/mol. The smallest absolute Gasteiger partial charge is 0.257 e. The standard InChI is InChI=1S/C22H27N3O3/c1-16-7-6-8-17(2)21(16)23-20(26)15-24-11-13-25(14-12-24)22(27)18-9-4-5-10-19(18)28-3/h4-10H,11-15H2,1-3H3,(H,23,26). The molecule has 3 rings (SSSR count). The van der Waals surface area contributed by atoms with E-state index in [1.54, 1.807) is 19.2 Å². The fraction of sp³-hybridized carbons (Fsp3) is 0.364. The van der Waals surface area contributed by atoms with Crippen molar-refractivity contribution in [3.63, 3.8) is 0 Å². The van der Waals surface area contributed by atoms with Gasteiger partial charge >= 0.3 is 0 Å². The fourth-order valence-corrected chi connectivity index (χ4v) is 3.49. The third-order valence-electron chi connectivity index (χ3n) is 5.11. The maximum atomic E-state index is 12.8. The largest absolute Gasteiger partial charge is 0.496 e. The molecule has 28 heavy (non-hydrogen) atoms. The second kappa shape index (κ2) is 8.89. The first-order chi connectivity index (χ1) is 13.5. The number of aryl methyl sites for hydroxylation is 2. The predicted molar refractivity (Wildman–Crippen MR) is 110 cm³/mol. The monoisotopic (exact) mass is 381 g/mol. The van der Waals surface area contributed by atoms with Crippen molar-refractivity contribution < 1.29 is 14.3 Å². The van der Waals surface area contributed by atoms with Crippen LogP contribution in [-0.4, -0.2) is 61.4 Å². The van der Waals surface area contributed by atoms with Crippen LogP contribution in [0.4, 0.5) is 5.69 Å². The molecule has 1 fully saturated rings. The highest BCUT2D eigenvalue weighted by molar-refractivity contribution is 5.97. The van der Waals surface area contributed by atoms with Crippen molar-refractivity contribution >= 4 is 17.5 Å². The van der Waals surface area contributed by atoms with Gasteiger partial charge in [0.25, 0.3) is 5.91 Å². The lowest BCUT2D eigenvalue weighted by Gasteiger charge is -2.34. The summed E-state index contributed by atoms with van der Waals surface area (Å²) in [5.41, 5.74) is 3.57. The van der Waals surface area contributed by atoms with E-state index in [4.69, 9.17) is 4.74 Å². The van der Waals surface area contributed by atoms with Gasteiger partial charge in [-0.3, -0.25) is 14.5 Å². The minimum atomic E-state index is -0.0305. The van der Waals surface area contributed by atoms with Gasteiger partial charge in [0.1, 0.15) is 5.75 Å². The van der Waals surface area contributed by atoms with E-state index < -0.39 is 0 Å². The number of amides is 2. The number of hydrogen-bond donors (Lipinski definition) is 1. The van der Waals surface area contributed by atoms with Crippen molar-refractivity contribution in [2.24, 2.45) is 0 Å². The van der Waals surface area contributed by atoms with E-state index in [0.717, 1.165) is 16.8 Å². The van der Waals surface area contributed by atoms with Crippen LogP contribution in [0, 0.1) is 13.8 Å². The lowest BCUT2D eigenvalue weighted by molar-refractivity contribution is -0.117. The Kier molecular flexibility index (Phi) is 6.31. The maximum Gasteiger partial charge on any atom is 0.257 e. The van der Waals surface area contributed by atoms with E-state index in [2.05, 4.69) is 10.2 Å². The molecule has 0 spiro atoms. The Hall–Kier alpha value is -2.86. The molecule has 1 aliphatic rings. The molecule has 0 saturated carbocycles. The van der Waals surface area contributed by atoms with Gasteiger partial charge in [0, 0.05) is 31.9 Å². The number of nitrogens with one attached hydrogen (secondary N) is 1. The quantitative estimate of drug-likeness (QED) is 0.865. The van der Waals surface area contributed by atoms with Gasteiger partial charge in [-0.1, -0.05) is 30.3 Å². The Bertz CT molecular complexity index is 838. The van der Waals surface area contributed by atoms with Crippen LogP contribution in [0.5, 0.6) is 5.75 Å². The summed E-state index contributed by atoms with van der Waals surface area (Å²) in [7, 11) is 1.57. The zero-order valence-corrected chi connectivity index (χ0v) is 16.7. The summed E-state index contributed by atoms with van der Waals surface area (Å²) in [5.74, 6) is 0.530. The van der Waals surface area contributed by atoms with Gasteiger partial charge in [-0.25, -0.2) is 0 Å². The molecular formula is C22H27N3O3. The summed E-state index contributed by atoms with van der Waals surface area (Å²) < 4.78 is 5.30. The van der Waals surface area contributed by atoms with Crippen molar-refractivity contribution in [3.05, 3.63) is 59.2 Å². The lowest BCUT2D eigenvalue weighted by atomic mass is 10.1. The van der Waals surface area contributed by atoms with Gasteiger partial charge in [-0.2, -0.15) is 0 Å². The Morgan fingerprint density at radius 1 is 0.964 bits per heavy atom. The molecule has 0 aliphatic carbocycles. The zero-order valence-electron chi connectivity index (χ0n) is 16.7. The van der Waals surface area contributed by atoms with Crippen molar-refractivity contribution in [3.8, 4) is 5.75 Å². The highest BCUT2D eigenvalue weighted by Crippen LogP contribution is 2.21. The third-order valence-corrected chi connectivity index (χ3v) is 5.11. The molecule has 6 heteroatoms. The Morgan fingerprint density at radius 2 is 1.61 bits per heavy atom. The van der Waals surface area contributed by atoms with Crippen LogP contribution >= 0.6 is 0 Å². The van der Waals surface area contributed by atoms with E-state index in [1.165, 1.54) is 0 Å². The number of benzene rings is 2.